The number of carbonyl (C=O) groups excluding carboxylic acids is 1. The number of aromatic nitrogens is 1. The maximum absolute atomic E-state index is 11.2. The van der Waals surface area contributed by atoms with E-state index < -0.39 is 0 Å². The maximum atomic E-state index is 11.2. The van der Waals surface area contributed by atoms with Crippen LogP contribution < -0.4 is 0 Å². The van der Waals surface area contributed by atoms with Gasteiger partial charge in [0.25, 0.3) is 0 Å². The summed E-state index contributed by atoms with van der Waals surface area (Å²) in [5, 5.41) is 0. The van der Waals surface area contributed by atoms with Crippen LogP contribution in [0.15, 0.2) is 29.4 Å². The molecule has 0 saturated heterocycles. The minimum absolute atomic E-state index is 0.323. The molecule has 0 unspecified atom stereocenters. The van der Waals surface area contributed by atoms with Gasteiger partial charge < -0.3 is 0 Å². The first-order chi connectivity index (χ1) is 6.33. The molecule has 0 aliphatic carbocycles. The largest absolute Gasteiger partial charge is 0.299 e. The number of pyridine rings is 1. The molecule has 1 rings (SSSR count). The highest BCUT2D eigenvalue weighted by Crippen LogP contribution is 2.16. The normalized spacial score (nSPS) is 9.92. The van der Waals surface area contributed by atoms with Crippen molar-refractivity contribution >= 4 is 17.5 Å². The molecule has 0 saturated carbocycles. The maximum Gasteiger partial charge on any atom is 0.143 e. The van der Waals surface area contributed by atoms with Gasteiger partial charge in [-0.15, -0.1) is 11.8 Å². The van der Waals surface area contributed by atoms with Crippen LogP contribution in [0.25, 0.3) is 0 Å². The van der Waals surface area contributed by atoms with Crippen molar-refractivity contribution in [2.24, 2.45) is 0 Å². The molecule has 0 fully saturated rings. The van der Waals surface area contributed by atoms with Crippen LogP contribution >= 0.6 is 11.8 Å². The average Bonchev–Trinajstić information content (AvgIpc) is 2.17. The molecular formula is C10H13NOS. The molecule has 1 aromatic rings. The lowest BCUT2D eigenvalue weighted by molar-refractivity contribution is -0.116. The van der Waals surface area contributed by atoms with Gasteiger partial charge in [0.1, 0.15) is 5.78 Å². The standard InChI is InChI=1S/C10H13NOS/c1-2-3-9(12)8-13-10-4-6-11-7-5-10/h4-7H,2-3,8H2,1H3. The van der Waals surface area contributed by atoms with E-state index in [-0.39, 0.29) is 0 Å². The first kappa shape index (κ1) is 10.3. The Hall–Kier alpha value is -0.830. The molecule has 0 radical (unpaired) electrons. The predicted molar refractivity (Wildman–Crippen MR) is 54.9 cm³/mol. The van der Waals surface area contributed by atoms with Gasteiger partial charge in [0.15, 0.2) is 0 Å². The van der Waals surface area contributed by atoms with Crippen LogP contribution in [0.2, 0.25) is 0 Å². The second kappa shape index (κ2) is 5.75. The van der Waals surface area contributed by atoms with Crippen LogP contribution in [-0.2, 0) is 4.79 Å². The van der Waals surface area contributed by atoms with Gasteiger partial charge >= 0.3 is 0 Å². The predicted octanol–water partition coefficient (Wildman–Crippen LogP) is 2.54. The second-order valence-corrected chi connectivity index (χ2v) is 3.81. The van der Waals surface area contributed by atoms with Gasteiger partial charge in [-0.1, -0.05) is 6.92 Å². The smallest absolute Gasteiger partial charge is 0.143 e. The number of thioether (sulfide) groups is 1. The van der Waals surface area contributed by atoms with Gasteiger partial charge in [0.05, 0.1) is 5.75 Å². The Labute approximate surface area is 82.8 Å². The fourth-order valence-electron chi connectivity index (χ4n) is 0.949. The van der Waals surface area contributed by atoms with Crippen molar-refractivity contribution in [3.63, 3.8) is 0 Å². The fraction of sp³-hybridized carbons (Fsp3) is 0.400. The summed E-state index contributed by atoms with van der Waals surface area (Å²) in [4.78, 5) is 16.2. The number of ketones is 1. The van der Waals surface area contributed by atoms with Crippen LogP contribution in [0.4, 0.5) is 0 Å². The third kappa shape index (κ3) is 4.08. The summed E-state index contributed by atoms with van der Waals surface area (Å²) in [5.74, 6) is 0.905. The van der Waals surface area contributed by atoms with Gasteiger partial charge in [-0.2, -0.15) is 0 Å². The average molecular weight is 195 g/mol. The molecule has 0 atom stereocenters. The Morgan fingerprint density at radius 2 is 2.15 bits per heavy atom. The van der Waals surface area contributed by atoms with Crippen molar-refractivity contribution < 1.29 is 4.79 Å². The number of hydrogen-bond donors (Lipinski definition) is 0. The minimum Gasteiger partial charge on any atom is -0.299 e. The van der Waals surface area contributed by atoms with Gasteiger partial charge in [-0.3, -0.25) is 9.78 Å². The highest BCUT2D eigenvalue weighted by Gasteiger charge is 2.00. The van der Waals surface area contributed by atoms with E-state index in [1.165, 1.54) is 0 Å². The van der Waals surface area contributed by atoms with E-state index in [4.69, 9.17) is 0 Å². The molecule has 1 aromatic heterocycles. The molecule has 70 valence electrons. The molecule has 3 heteroatoms. The van der Waals surface area contributed by atoms with Crippen molar-refractivity contribution in [1.29, 1.82) is 0 Å². The zero-order valence-corrected chi connectivity index (χ0v) is 8.51. The van der Waals surface area contributed by atoms with Crippen molar-refractivity contribution in [3.05, 3.63) is 24.5 Å². The first-order valence-electron chi connectivity index (χ1n) is 4.37. The minimum atomic E-state index is 0.323. The molecule has 0 amide bonds. The van der Waals surface area contributed by atoms with Crippen molar-refractivity contribution in [2.75, 3.05) is 5.75 Å². The van der Waals surface area contributed by atoms with Crippen LogP contribution in [-0.4, -0.2) is 16.5 Å². The topological polar surface area (TPSA) is 30.0 Å². The molecule has 2 nitrogen and oxygen atoms in total. The highest BCUT2D eigenvalue weighted by molar-refractivity contribution is 8.00. The molecule has 13 heavy (non-hydrogen) atoms. The zero-order valence-electron chi connectivity index (χ0n) is 7.69. The number of hydrogen-bond acceptors (Lipinski definition) is 3. The van der Waals surface area contributed by atoms with E-state index in [9.17, 15) is 4.79 Å². The Morgan fingerprint density at radius 1 is 1.46 bits per heavy atom. The first-order valence-corrected chi connectivity index (χ1v) is 5.36. The fourth-order valence-corrected chi connectivity index (χ4v) is 1.74. The lowest BCUT2D eigenvalue weighted by atomic mass is 10.3. The van der Waals surface area contributed by atoms with E-state index in [1.54, 1.807) is 24.2 Å². The SMILES string of the molecule is CCCC(=O)CSc1ccncc1. The Balaban J connectivity index is 2.31. The van der Waals surface area contributed by atoms with E-state index >= 15 is 0 Å². The van der Waals surface area contributed by atoms with E-state index in [0.29, 0.717) is 18.0 Å². The zero-order chi connectivity index (χ0) is 9.52. The van der Waals surface area contributed by atoms with Gasteiger partial charge in [0, 0.05) is 23.7 Å². The summed E-state index contributed by atoms with van der Waals surface area (Å²) < 4.78 is 0. The van der Waals surface area contributed by atoms with Crippen molar-refractivity contribution in [1.82, 2.24) is 4.98 Å². The van der Waals surface area contributed by atoms with E-state index in [1.807, 2.05) is 19.1 Å². The summed E-state index contributed by atoms with van der Waals surface area (Å²) in [6.45, 7) is 2.02. The van der Waals surface area contributed by atoms with E-state index in [2.05, 4.69) is 4.98 Å². The lowest BCUT2D eigenvalue weighted by Gasteiger charge is -1.98. The Kier molecular flexibility index (Phi) is 4.54. The molecule has 1 heterocycles. The van der Waals surface area contributed by atoms with Crippen molar-refractivity contribution in [2.45, 2.75) is 24.7 Å². The monoisotopic (exact) mass is 195 g/mol. The molecule has 0 aromatic carbocycles. The molecular weight excluding hydrogens is 182 g/mol. The summed E-state index contributed by atoms with van der Waals surface area (Å²) in [6.07, 6.45) is 5.12. The third-order valence-electron chi connectivity index (χ3n) is 1.58. The van der Waals surface area contributed by atoms with Gasteiger partial charge in [0.2, 0.25) is 0 Å². The third-order valence-corrected chi connectivity index (χ3v) is 2.65. The summed E-state index contributed by atoms with van der Waals surface area (Å²) >= 11 is 1.58. The Bertz CT molecular complexity index is 261. The lowest BCUT2D eigenvalue weighted by Crippen LogP contribution is -1.99. The van der Waals surface area contributed by atoms with Crippen LogP contribution in [0.3, 0.4) is 0 Å². The number of Topliss-reactive ketones (excluding diaryl/α,β-unsaturated/α-hetero) is 1. The quantitative estimate of drug-likeness (QED) is 0.676. The molecule has 0 spiro atoms. The second-order valence-electron chi connectivity index (χ2n) is 2.76. The van der Waals surface area contributed by atoms with Gasteiger partial charge in [-0.25, -0.2) is 0 Å². The number of nitrogens with zero attached hydrogens (tertiary/aromatic N) is 1. The molecule has 0 N–H and O–H groups in total. The summed E-state index contributed by atoms with van der Waals surface area (Å²) in [5.41, 5.74) is 0. The highest BCUT2D eigenvalue weighted by atomic mass is 32.2. The van der Waals surface area contributed by atoms with Crippen molar-refractivity contribution in [3.8, 4) is 0 Å². The molecule has 0 aliphatic rings. The number of rotatable bonds is 5. The Morgan fingerprint density at radius 3 is 2.77 bits per heavy atom. The summed E-state index contributed by atoms with van der Waals surface area (Å²) in [7, 11) is 0. The summed E-state index contributed by atoms with van der Waals surface area (Å²) in [6, 6.07) is 3.84. The van der Waals surface area contributed by atoms with Gasteiger partial charge in [-0.05, 0) is 18.6 Å². The van der Waals surface area contributed by atoms with E-state index in [0.717, 1.165) is 11.3 Å². The number of carbonyl (C=O) groups is 1. The molecule has 0 aliphatic heterocycles. The molecule has 0 bridgehead atoms. The van der Waals surface area contributed by atoms with Crippen LogP contribution in [0.5, 0.6) is 0 Å². The van der Waals surface area contributed by atoms with Crippen LogP contribution in [0, 0.1) is 0 Å². The van der Waals surface area contributed by atoms with Crippen LogP contribution in [0.1, 0.15) is 19.8 Å².